The van der Waals surface area contributed by atoms with Gasteiger partial charge in [0.1, 0.15) is 5.82 Å². The maximum atomic E-state index is 13.1. The summed E-state index contributed by atoms with van der Waals surface area (Å²) >= 11 is 3.00. The summed E-state index contributed by atoms with van der Waals surface area (Å²) in [5, 5.41) is 11.4. The molecular weight excluding hydrogens is 329 g/mol. The van der Waals surface area contributed by atoms with Gasteiger partial charge in [-0.15, -0.1) is 0 Å². The number of rotatable bonds is 3. The average Bonchev–Trinajstić information content (AvgIpc) is 2.42. The zero-order valence-corrected chi connectivity index (χ0v) is 11.6. The smallest absolute Gasteiger partial charge is 0.335 e. The Morgan fingerprint density at radius 1 is 1.05 bits per heavy atom. The van der Waals surface area contributed by atoms with Crippen LogP contribution in [-0.4, -0.2) is 17.0 Å². The van der Waals surface area contributed by atoms with Crippen LogP contribution in [0.3, 0.4) is 0 Å². The molecule has 2 aromatic carbocycles. The highest BCUT2D eigenvalue weighted by Crippen LogP contribution is 2.18. The number of hydrogen-bond acceptors (Lipinski definition) is 2. The van der Waals surface area contributed by atoms with E-state index >= 15 is 0 Å². The van der Waals surface area contributed by atoms with Crippen molar-refractivity contribution in [3.63, 3.8) is 0 Å². The maximum absolute atomic E-state index is 13.1. The molecule has 2 aromatic rings. The number of halogens is 2. The van der Waals surface area contributed by atoms with E-state index in [1.54, 1.807) is 0 Å². The topological polar surface area (TPSA) is 66.4 Å². The number of carbonyl (C=O) groups is 2. The Labute approximate surface area is 122 Å². The molecule has 0 aliphatic carbocycles. The quantitative estimate of drug-likeness (QED) is 0.900. The van der Waals surface area contributed by atoms with E-state index in [0.717, 1.165) is 0 Å². The van der Waals surface area contributed by atoms with Gasteiger partial charge < -0.3 is 10.4 Å². The second-order valence-electron chi connectivity index (χ2n) is 3.97. The molecule has 0 saturated heterocycles. The standard InChI is InChI=1S/C14H9BrFNO3/c15-11-7-9(3-6-12(11)16)13(18)17-10-4-1-8(2-5-10)14(19)20/h1-7H,(H,17,18)(H,19,20). The van der Waals surface area contributed by atoms with E-state index in [2.05, 4.69) is 21.2 Å². The minimum atomic E-state index is -1.04. The van der Waals surface area contributed by atoms with Crippen molar-refractivity contribution < 1.29 is 19.1 Å². The van der Waals surface area contributed by atoms with Crippen LogP contribution in [0.25, 0.3) is 0 Å². The fraction of sp³-hybridized carbons (Fsp3) is 0. The molecule has 2 N–H and O–H groups in total. The van der Waals surface area contributed by atoms with E-state index in [1.807, 2.05) is 0 Å². The summed E-state index contributed by atoms with van der Waals surface area (Å²) in [4.78, 5) is 22.6. The largest absolute Gasteiger partial charge is 0.478 e. The van der Waals surface area contributed by atoms with Crippen molar-refractivity contribution in [1.29, 1.82) is 0 Å². The van der Waals surface area contributed by atoms with Gasteiger partial charge in [-0.1, -0.05) is 0 Å². The summed E-state index contributed by atoms with van der Waals surface area (Å²) in [5.74, 6) is -1.90. The first kappa shape index (κ1) is 14.2. The third-order valence-electron chi connectivity index (χ3n) is 2.57. The molecule has 0 fully saturated rings. The van der Waals surface area contributed by atoms with Crippen LogP contribution in [-0.2, 0) is 0 Å². The van der Waals surface area contributed by atoms with E-state index in [4.69, 9.17) is 5.11 Å². The van der Waals surface area contributed by atoms with Gasteiger partial charge in [0.05, 0.1) is 10.0 Å². The van der Waals surface area contributed by atoms with Crippen LogP contribution >= 0.6 is 15.9 Å². The number of hydrogen-bond donors (Lipinski definition) is 2. The summed E-state index contributed by atoms with van der Waals surface area (Å²) in [6.45, 7) is 0. The molecule has 0 atom stereocenters. The van der Waals surface area contributed by atoms with E-state index in [-0.39, 0.29) is 10.0 Å². The molecule has 0 saturated carbocycles. The van der Waals surface area contributed by atoms with Gasteiger partial charge in [-0.2, -0.15) is 0 Å². The molecule has 0 spiro atoms. The zero-order valence-electron chi connectivity index (χ0n) is 10.1. The highest BCUT2D eigenvalue weighted by atomic mass is 79.9. The minimum Gasteiger partial charge on any atom is -0.478 e. The molecule has 1 amide bonds. The molecule has 0 aromatic heterocycles. The lowest BCUT2D eigenvalue weighted by Crippen LogP contribution is -2.12. The third-order valence-corrected chi connectivity index (χ3v) is 3.18. The summed E-state index contributed by atoms with van der Waals surface area (Å²) in [6.07, 6.45) is 0. The minimum absolute atomic E-state index is 0.132. The van der Waals surface area contributed by atoms with Crippen LogP contribution in [0.1, 0.15) is 20.7 Å². The molecule has 2 rings (SSSR count). The van der Waals surface area contributed by atoms with Crippen molar-refractivity contribution in [3.05, 3.63) is 63.9 Å². The number of anilines is 1. The van der Waals surface area contributed by atoms with E-state index in [0.29, 0.717) is 11.3 Å². The second-order valence-corrected chi connectivity index (χ2v) is 4.82. The summed E-state index contributed by atoms with van der Waals surface area (Å²) < 4.78 is 13.3. The third kappa shape index (κ3) is 3.21. The Balaban J connectivity index is 2.14. The van der Waals surface area contributed by atoms with Crippen LogP contribution in [0.4, 0.5) is 10.1 Å². The van der Waals surface area contributed by atoms with Gasteiger partial charge in [-0.3, -0.25) is 4.79 Å². The Morgan fingerprint density at radius 2 is 1.65 bits per heavy atom. The average molecular weight is 338 g/mol. The lowest BCUT2D eigenvalue weighted by atomic mass is 10.2. The lowest BCUT2D eigenvalue weighted by Gasteiger charge is -2.06. The zero-order chi connectivity index (χ0) is 14.7. The first-order valence-corrected chi connectivity index (χ1v) is 6.36. The maximum Gasteiger partial charge on any atom is 0.335 e. The van der Waals surface area contributed by atoms with Gasteiger partial charge in [-0.05, 0) is 58.4 Å². The number of nitrogens with one attached hydrogen (secondary N) is 1. The predicted molar refractivity (Wildman–Crippen MR) is 75.5 cm³/mol. The second kappa shape index (κ2) is 5.83. The molecule has 0 heterocycles. The van der Waals surface area contributed by atoms with Gasteiger partial charge in [-0.25, -0.2) is 9.18 Å². The molecule has 0 aliphatic rings. The van der Waals surface area contributed by atoms with Crippen molar-refractivity contribution in [1.82, 2.24) is 0 Å². The van der Waals surface area contributed by atoms with E-state index in [1.165, 1.54) is 42.5 Å². The predicted octanol–water partition coefficient (Wildman–Crippen LogP) is 3.54. The van der Waals surface area contributed by atoms with Crippen molar-refractivity contribution >= 4 is 33.5 Å². The normalized spacial score (nSPS) is 10.1. The van der Waals surface area contributed by atoms with Crippen molar-refractivity contribution in [2.75, 3.05) is 5.32 Å². The number of benzene rings is 2. The van der Waals surface area contributed by atoms with E-state index < -0.39 is 17.7 Å². The molecule has 6 heteroatoms. The fourth-order valence-electron chi connectivity index (χ4n) is 1.54. The number of amides is 1. The summed E-state index contributed by atoms with van der Waals surface area (Å²) in [6, 6.07) is 9.67. The number of carboxylic acids is 1. The summed E-state index contributed by atoms with van der Waals surface area (Å²) in [7, 11) is 0. The van der Waals surface area contributed by atoms with Crippen molar-refractivity contribution in [3.8, 4) is 0 Å². The van der Waals surface area contributed by atoms with Crippen LogP contribution in [0, 0.1) is 5.82 Å². The van der Waals surface area contributed by atoms with Gasteiger partial charge in [0.15, 0.2) is 0 Å². The van der Waals surface area contributed by atoms with Gasteiger partial charge in [0, 0.05) is 11.3 Å². The number of aromatic carboxylic acids is 1. The molecular formula is C14H9BrFNO3. The van der Waals surface area contributed by atoms with Crippen molar-refractivity contribution in [2.24, 2.45) is 0 Å². The van der Waals surface area contributed by atoms with E-state index in [9.17, 15) is 14.0 Å². The Morgan fingerprint density at radius 3 is 2.20 bits per heavy atom. The fourth-order valence-corrected chi connectivity index (χ4v) is 1.92. The molecule has 0 aliphatic heterocycles. The lowest BCUT2D eigenvalue weighted by molar-refractivity contribution is 0.0696. The highest BCUT2D eigenvalue weighted by Gasteiger charge is 2.09. The molecule has 0 unspecified atom stereocenters. The molecule has 0 radical (unpaired) electrons. The van der Waals surface area contributed by atoms with Crippen molar-refractivity contribution in [2.45, 2.75) is 0 Å². The van der Waals surface area contributed by atoms with Crippen LogP contribution < -0.4 is 5.32 Å². The molecule has 20 heavy (non-hydrogen) atoms. The van der Waals surface area contributed by atoms with Gasteiger partial charge >= 0.3 is 5.97 Å². The van der Waals surface area contributed by atoms with Crippen LogP contribution in [0.2, 0.25) is 0 Å². The molecule has 0 bridgehead atoms. The Hall–Kier alpha value is -2.21. The molecule has 4 nitrogen and oxygen atoms in total. The Kier molecular flexibility index (Phi) is 4.14. The first-order chi connectivity index (χ1) is 9.47. The molecule has 102 valence electrons. The van der Waals surface area contributed by atoms with Gasteiger partial charge in [0.2, 0.25) is 0 Å². The number of carboxylic acid groups (broad SMARTS) is 1. The highest BCUT2D eigenvalue weighted by molar-refractivity contribution is 9.10. The first-order valence-electron chi connectivity index (χ1n) is 5.57. The summed E-state index contributed by atoms with van der Waals surface area (Å²) in [5.41, 5.74) is 0.883. The monoisotopic (exact) mass is 337 g/mol. The number of carbonyl (C=O) groups excluding carboxylic acids is 1. The van der Waals surface area contributed by atoms with Crippen LogP contribution in [0.15, 0.2) is 46.9 Å². The Bertz CT molecular complexity index is 671. The van der Waals surface area contributed by atoms with Gasteiger partial charge in [0.25, 0.3) is 5.91 Å². The SMILES string of the molecule is O=C(O)c1ccc(NC(=O)c2ccc(F)c(Br)c2)cc1. The van der Waals surface area contributed by atoms with Crippen LogP contribution in [0.5, 0.6) is 0 Å².